The molecule has 7 heteroatoms. The van der Waals surface area contributed by atoms with Gasteiger partial charge in [0.25, 0.3) is 0 Å². The summed E-state index contributed by atoms with van der Waals surface area (Å²) >= 11 is 1.57. The van der Waals surface area contributed by atoms with Gasteiger partial charge in [-0.05, 0) is 56.0 Å². The van der Waals surface area contributed by atoms with Crippen LogP contribution < -0.4 is 10.2 Å². The van der Waals surface area contributed by atoms with Gasteiger partial charge in [-0.3, -0.25) is 14.5 Å². The zero-order valence-corrected chi connectivity index (χ0v) is 18.1. The zero-order valence-electron chi connectivity index (χ0n) is 17.2. The third-order valence-corrected chi connectivity index (χ3v) is 7.16. The Bertz CT molecular complexity index is 982. The molecule has 0 atom stereocenters. The van der Waals surface area contributed by atoms with Crippen molar-refractivity contribution in [1.82, 2.24) is 4.90 Å². The molecule has 0 spiro atoms. The Kier molecular flexibility index (Phi) is 6.16. The second kappa shape index (κ2) is 8.99. The molecule has 2 aromatic rings. The number of thiophene rings is 1. The van der Waals surface area contributed by atoms with Crippen molar-refractivity contribution in [3.05, 3.63) is 45.8 Å². The second-order valence-corrected chi connectivity index (χ2v) is 9.01. The minimum atomic E-state index is -0.0197. The lowest BCUT2D eigenvalue weighted by Gasteiger charge is -2.36. The molecule has 1 saturated heterocycles. The molecule has 1 aromatic carbocycles. The number of rotatable bonds is 6. The van der Waals surface area contributed by atoms with E-state index in [1.165, 1.54) is 4.88 Å². The Morgan fingerprint density at radius 1 is 1.13 bits per heavy atom. The number of aryl methyl sites for hydroxylation is 1. The highest BCUT2D eigenvalue weighted by Crippen LogP contribution is 2.38. The molecule has 1 aliphatic carbocycles. The molecule has 1 amide bonds. The van der Waals surface area contributed by atoms with E-state index in [0.29, 0.717) is 12.0 Å². The maximum absolute atomic E-state index is 12.4. The van der Waals surface area contributed by atoms with E-state index in [1.54, 1.807) is 18.3 Å². The molecule has 4 rings (SSSR count). The second-order valence-electron chi connectivity index (χ2n) is 7.90. The summed E-state index contributed by atoms with van der Waals surface area (Å²) < 4.78 is 0. The summed E-state index contributed by atoms with van der Waals surface area (Å²) in [6, 6.07) is 10.0. The van der Waals surface area contributed by atoms with Crippen LogP contribution in [0.15, 0.2) is 24.3 Å². The molecule has 1 aliphatic heterocycles. The van der Waals surface area contributed by atoms with Gasteiger partial charge in [0, 0.05) is 55.3 Å². The van der Waals surface area contributed by atoms with Crippen molar-refractivity contribution in [2.24, 2.45) is 0 Å². The molecule has 30 heavy (non-hydrogen) atoms. The molecule has 2 aliphatic rings. The average molecular weight is 423 g/mol. The highest BCUT2D eigenvalue weighted by Gasteiger charge is 2.23. The van der Waals surface area contributed by atoms with Gasteiger partial charge in [-0.1, -0.05) is 0 Å². The monoisotopic (exact) mass is 422 g/mol. The third-order valence-electron chi connectivity index (χ3n) is 5.95. The van der Waals surface area contributed by atoms with Crippen molar-refractivity contribution in [2.45, 2.75) is 32.6 Å². The Labute approximate surface area is 181 Å². The number of carbonyl (C=O) groups is 2. The molecular formula is C23H26N4O2S. The van der Waals surface area contributed by atoms with Crippen molar-refractivity contribution in [1.29, 1.82) is 5.26 Å². The van der Waals surface area contributed by atoms with Crippen LogP contribution >= 0.6 is 11.3 Å². The Morgan fingerprint density at radius 3 is 2.53 bits per heavy atom. The lowest BCUT2D eigenvalue weighted by Crippen LogP contribution is -2.47. The first-order valence-corrected chi connectivity index (χ1v) is 11.3. The van der Waals surface area contributed by atoms with Crippen LogP contribution in [0.3, 0.4) is 0 Å². The lowest BCUT2D eigenvalue weighted by atomic mass is 10.1. The molecule has 0 radical (unpaired) electrons. The summed E-state index contributed by atoms with van der Waals surface area (Å²) in [4.78, 5) is 29.7. The molecule has 0 bridgehead atoms. The highest BCUT2D eigenvalue weighted by molar-refractivity contribution is 7.16. The number of anilines is 2. The van der Waals surface area contributed by atoms with Crippen LogP contribution in [-0.4, -0.2) is 49.3 Å². The molecule has 1 N–H and O–H groups in total. The van der Waals surface area contributed by atoms with E-state index in [1.807, 2.05) is 24.3 Å². The minimum absolute atomic E-state index is 0.0197. The summed E-state index contributed by atoms with van der Waals surface area (Å²) in [7, 11) is 0. The third kappa shape index (κ3) is 4.40. The first-order chi connectivity index (χ1) is 14.5. The van der Waals surface area contributed by atoms with Crippen LogP contribution in [0.5, 0.6) is 0 Å². The molecule has 0 saturated carbocycles. The van der Waals surface area contributed by atoms with Crippen molar-refractivity contribution in [2.75, 3.05) is 42.9 Å². The van der Waals surface area contributed by atoms with Gasteiger partial charge in [-0.2, -0.15) is 5.26 Å². The number of benzene rings is 1. The number of nitriles is 1. The van der Waals surface area contributed by atoms with Gasteiger partial charge >= 0.3 is 0 Å². The molecule has 1 fully saturated rings. The first kappa shape index (κ1) is 20.6. The lowest BCUT2D eigenvalue weighted by molar-refractivity contribution is -0.116. The van der Waals surface area contributed by atoms with Gasteiger partial charge < -0.3 is 10.2 Å². The Hall–Kier alpha value is -2.69. The van der Waals surface area contributed by atoms with Crippen LogP contribution in [0, 0.1) is 11.3 Å². The number of nitrogens with zero attached hydrogens (tertiary/aromatic N) is 3. The minimum Gasteiger partial charge on any atom is -0.369 e. The number of fused-ring (bicyclic) bond motifs is 1. The summed E-state index contributed by atoms with van der Waals surface area (Å²) in [5.74, 6) is 0.0624. The Morgan fingerprint density at radius 2 is 1.87 bits per heavy atom. The molecule has 0 unspecified atom stereocenters. The fourth-order valence-corrected chi connectivity index (χ4v) is 5.45. The zero-order chi connectivity index (χ0) is 21.1. The number of amides is 1. The fraction of sp³-hybridized carbons (Fsp3) is 0.435. The number of Topliss-reactive ketones (excluding diaryl/α,β-unsaturated/α-hetero) is 1. The number of nitrogens with one attached hydrogen (secondary N) is 1. The normalized spacial score (nSPS) is 16.2. The van der Waals surface area contributed by atoms with E-state index >= 15 is 0 Å². The predicted molar refractivity (Wildman–Crippen MR) is 119 cm³/mol. The molecular weight excluding hydrogens is 396 g/mol. The van der Waals surface area contributed by atoms with Gasteiger partial charge in [0.15, 0.2) is 5.78 Å². The fourth-order valence-electron chi connectivity index (χ4n) is 4.20. The number of carbonyl (C=O) groups excluding carboxylic acids is 2. The maximum atomic E-state index is 12.4. The number of hydrogen-bond donors (Lipinski definition) is 1. The predicted octanol–water partition coefficient (Wildman–Crippen LogP) is 3.46. The van der Waals surface area contributed by atoms with Crippen LogP contribution in [0.4, 0.5) is 10.7 Å². The van der Waals surface area contributed by atoms with E-state index in [0.717, 1.165) is 73.8 Å². The van der Waals surface area contributed by atoms with Crippen LogP contribution in [0.1, 0.15) is 46.1 Å². The summed E-state index contributed by atoms with van der Waals surface area (Å²) in [6.45, 7) is 5.90. The molecule has 6 nitrogen and oxygen atoms in total. The van der Waals surface area contributed by atoms with Gasteiger partial charge in [0.2, 0.25) is 5.91 Å². The number of piperazine rings is 1. The van der Waals surface area contributed by atoms with Crippen molar-refractivity contribution in [3.8, 4) is 6.07 Å². The Balaban J connectivity index is 1.24. The van der Waals surface area contributed by atoms with Crippen molar-refractivity contribution >= 4 is 33.7 Å². The standard InChI is InChI=1S/C23H26N4O2S/c1-16(28)17-5-7-18(8-6-17)27-13-11-26(12-14-27)10-9-22(29)25-23-20(15-24)19-3-2-4-21(19)30-23/h5-8H,2-4,9-14H2,1H3,(H,25,29). The van der Waals surface area contributed by atoms with E-state index in [9.17, 15) is 14.9 Å². The molecule has 1 aromatic heterocycles. The van der Waals surface area contributed by atoms with E-state index in [-0.39, 0.29) is 11.7 Å². The highest BCUT2D eigenvalue weighted by atomic mass is 32.1. The quantitative estimate of drug-likeness (QED) is 0.722. The largest absolute Gasteiger partial charge is 0.369 e. The maximum Gasteiger partial charge on any atom is 0.226 e. The summed E-state index contributed by atoms with van der Waals surface area (Å²) in [5, 5.41) is 13.2. The van der Waals surface area contributed by atoms with Gasteiger partial charge in [-0.15, -0.1) is 11.3 Å². The van der Waals surface area contributed by atoms with Gasteiger partial charge in [-0.25, -0.2) is 0 Å². The van der Waals surface area contributed by atoms with Crippen molar-refractivity contribution in [3.63, 3.8) is 0 Å². The first-order valence-electron chi connectivity index (χ1n) is 10.5. The molecule has 156 valence electrons. The number of hydrogen-bond acceptors (Lipinski definition) is 6. The van der Waals surface area contributed by atoms with E-state index in [4.69, 9.17) is 0 Å². The van der Waals surface area contributed by atoms with E-state index < -0.39 is 0 Å². The summed E-state index contributed by atoms with van der Waals surface area (Å²) in [6.07, 6.45) is 3.51. The van der Waals surface area contributed by atoms with Crippen LogP contribution in [0.2, 0.25) is 0 Å². The SMILES string of the molecule is CC(=O)c1ccc(N2CCN(CCC(=O)Nc3sc4c(c3C#N)CCC4)CC2)cc1. The average Bonchev–Trinajstić information content (AvgIpc) is 3.33. The number of ketones is 1. The van der Waals surface area contributed by atoms with E-state index in [2.05, 4.69) is 21.2 Å². The van der Waals surface area contributed by atoms with Gasteiger partial charge in [0.05, 0.1) is 5.56 Å². The van der Waals surface area contributed by atoms with Crippen molar-refractivity contribution < 1.29 is 9.59 Å². The topological polar surface area (TPSA) is 76.4 Å². The smallest absolute Gasteiger partial charge is 0.226 e. The van der Waals surface area contributed by atoms with Crippen LogP contribution in [0.25, 0.3) is 0 Å². The molecule has 2 heterocycles. The van der Waals surface area contributed by atoms with Gasteiger partial charge in [0.1, 0.15) is 11.1 Å². The van der Waals surface area contributed by atoms with Crippen LogP contribution in [-0.2, 0) is 17.6 Å². The summed E-state index contributed by atoms with van der Waals surface area (Å²) in [5.41, 5.74) is 3.68.